The monoisotopic (exact) mass is 371 g/mol. The van der Waals surface area contributed by atoms with E-state index in [2.05, 4.69) is 19.2 Å². The third kappa shape index (κ3) is 15.6. The molecule has 3 N–H and O–H groups in total. The number of rotatable bonds is 19. The van der Waals surface area contributed by atoms with Gasteiger partial charge in [-0.2, -0.15) is 0 Å². The molecule has 0 radical (unpaired) electrons. The van der Waals surface area contributed by atoms with Crippen LogP contribution in [0.4, 0.5) is 0 Å². The zero-order chi connectivity index (χ0) is 19.5. The molecule has 0 rings (SSSR count). The fourth-order valence-electron chi connectivity index (χ4n) is 3.22. The van der Waals surface area contributed by atoms with Crippen molar-refractivity contribution in [1.29, 1.82) is 0 Å². The minimum Gasteiger partial charge on any atom is -0.390 e. The second-order valence-electron chi connectivity index (χ2n) is 7.69. The molecule has 0 fully saturated rings. The topological polar surface area (TPSA) is 69.6 Å². The molecule has 0 saturated heterocycles. The fourth-order valence-corrected chi connectivity index (χ4v) is 3.22. The molecular formula is C22H45NO3. The van der Waals surface area contributed by atoms with Gasteiger partial charge in [0.25, 0.3) is 5.91 Å². The van der Waals surface area contributed by atoms with Gasteiger partial charge in [-0.05, 0) is 12.8 Å². The first-order valence-corrected chi connectivity index (χ1v) is 11.3. The van der Waals surface area contributed by atoms with Crippen molar-refractivity contribution < 1.29 is 15.0 Å². The minimum atomic E-state index is -1.29. The van der Waals surface area contributed by atoms with Crippen LogP contribution in [0.15, 0.2) is 0 Å². The third-order valence-electron chi connectivity index (χ3n) is 5.07. The second-order valence-corrected chi connectivity index (χ2v) is 7.69. The van der Waals surface area contributed by atoms with Crippen molar-refractivity contribution in [2.75, 3.05) is 6.54 Å². The van der Waals surface area contributed by atoms with E-state index in [1.54, 1.807) is 0 Å². The molecule has 0 aliphatic carbocycles. The standard InChI is InChI=1S/C22H45NO3/c1-3-5-7-9-11-13-15-17-19-23-22(26)21(25)20(24)18-16-14-12-10-8-6-4-2/h20-21,24-25H,3-19H2,1-2H3,(H,23,26). The van der Waals surface area contributed by atoms with Crippen LogP contribution < -0.4 is 5.32 Å². The van der Waals surface area contributed by atoms with Crippen molar-refractivity contribution in [3.63, 3.8) is 0 Å². The summed E-state index contributed by atoms with van der Waals surface area (Å²) in [7, 11) is 0. The van der Waals surface area contributed by atoms with E-state index in [-0.39, 0.29) is 0 Å². The molecule has 156 valence electrons. The van der Waals surface area contributed by atoms with Gasteiger partial charge in [-0.1, -0.05) is 104 Å². The van der Waals surface area contributed by atoms with Gasteiger partial charge in [-0.25, -0.2) is 0 Å². The maximum atomic E-state index is 11.9. The molecule has 2 atom stereocenters. The van der Waals surface area contributed by atoms with Crippen LogP contribution in [-0.2, 0) is 4.79 Å². The number of carbonyl (C=O) groups excluding carboxylic acids is 1. The van der Waals surface area contributed by atoms with Gasteiger partial charge in [0.15, 0.2) is 6.10 Å². The number of unbranched alkanes of at least 4 members (excludes halogenated alkanes) is 13. The highest BCUT2D eigenvalue weighted by Gasteiger charge is 2.23. The van der Waals surface area contributed by atoms with Crippen molar-refractivity contribution in [3.8, 4) is 0 Å². The molecule has 0 aromatic heterocycles. The van der Waals surface area contributed by atoms with Crippen LogP contribution in [0, 0.1) is 0 Å². The van der Waals surface area contributed by atoms with E-state index in [1.807, 2.05) is 0 Å². The van der Waals surface area contributed by atoms with Gasteiger partial charge in [-0.15, -0.1) is 0 Å². The van der Waals surface area contributed by atoms with Crippen molar-refractivity contribution in [1.82, 2.24) is 5.32 Å². The zero-order valence-corrected chi connectivity index (χ0v) is 17.5. The van der Waals surface area contributed by atoms with Gasteiger partial charge < -0.3 is 15.5 Å². The largest absolute Gasteiger partial charge is 0.390 e. The quantitative estimate of drug-likeness (QED) is 0.276. The lowest BCUT2D eigenvalue weighted by atomic mass is 10.0. The summed E-state index contributed by atoms with van der Waals surface area (Å²) in [5.74, 6) is -0.427. The molecule has 0 heterocycles. The molecule has 0 saturated carbocycles. The summed E-state index contributed by atoms with van der Waals surface area (Å²) < 4.78 is 0. The number of aliphatic hydroxyl groups is 2. The van der Waals surface area contributed by atoms with E-state index in [0.717, 1.165) is 25.7 Å². The van der Waals surface area contributed by atoms with Crippen LogP contribution >= 0.6 is 0 Å². The van der Waals surface area contributed by atoms with Crippen molar-refractivity contribution >= 4 is 5.91 Å². The van der Waals surface area contributed by atoms with E-state index < -0.39 is 18.1 Å². The zero-order valence-electron chi connectivity index (χ0n) is 17.5. The van der Waals surface area contributed by atoms with Crippen molar-refractivity contribution in [2.45, 2.75) is 129 Å². The van der Waals surface area contributed by atoms with Gasteiger partial charge in [0, 0.05) is 6.54 Å². The predicted octanol–water partition coefficient (Wildman–Crippen LogP) is 5.11. The minimum absolute atomic E-state index is 0.427. The molecular weight excluding hydrogens is 326 g/mol. The molecule has 4 nitrogen and oxygen atoms in total. The number of aliphatic hydroxyl groups excluding tert-OH is 2. The van der Waals surface area contributed by atoms with E-state index in [1.165, 1.54) is 70.6 Å². The van der Waals surface area contributed by atoms with E-state index in [9.17, 15) is 15.0 Å². The first kappa shape index (κ1) is 25.4. The Bertz CT molecular complexity index is 310. The summed E-state index contributed by atoms with van der Waals surface area (Å²) >= 11 is 0. The highest BCUT2D eigenvalue weighted by Crippen LogP contribution is 2.12. The lowest BCUT2D eigenvalue weighted by molar-refractivity contribution is -0.135. The number of carbonyl (C=O) groups is 1. The molecule has 26 heavy (non-hydrogen) atoms. The molecule has 2 unspecified atom stereocenters. The number of nitrogens with one attached hydrogen (secondary N) is 1. The van der Waals surface area contributed by atoms with Crippen LogP contribution in [-0.4, -0.2) is 34.9 Å². The third-order valence-corrected chi connectivity index (χ3v) is 5.07. The Balaban J connectivity index is 3.53. The van der Waals surface area contributed by atoms with Crippen LogP contribution in [0.2, 0.25) is 0 Å². The Morgan fingerprint density at radius 3 is 1.62 bits per heavy atom. The van der Waals surface area contributed by atoms with E-state index in [0.29, 0.717) is 13.0 Å². The van der Waals surface area contributed by atoms with Crippen LogP contribution in [0.1, 0.15) is 117 Å². The summed E-state index contributed by atoms with van der Waals surface area (Å²) in [6.45, 7) is 5.02. The molecule has 0 aliphatic rings. The summed E-state index contributed by atoms with van der Waals surface area (Å²) in [5.41, 5.74) is 0. The smallest absolute Gasteiger partial charge is 0.251 e. The van der Waals surface area contributed by atoms with Gasteiger partial charge in [-0.3, -0.25) is 4.79 Å². The fraction of sp³-hybridized carbons (Fsp3) is 0.955. The van der Waals surface area contributed by atoms with Gasteiger partial charge in [0.1, 0.15) is 0 Å². The van der Waals surface area contributed by atoms with Gasteiger partial charge >= 0.3 is 0 Å². The highest BCUT2D eigenvalue weighted by molar-refractivity contribution is 5.81. The lowest BCUT2D eigenvalue weighted by Gasteiger charge is -2.17. The molecule has 0 aromatic carbocycles. The Hall–Kier alpha value is -0.610. The molecule has 4 heteroatoms. The molecule has 0 spiro atoms. The maximum absolute atomic E-state index is 11.9. The van der Waals surface area contributed by atoms with Crippen LogP contribution in [0.5, 0.6) is 0 Å². The normalized spacial score (nSPS) is 13.5. The Morgan fingerprint density at radius 2 is 1.12 bits per heavy atom. The van der Waals surface area contributed by atoms with E-state index in [4.69, 9.17) is 0 Å². The molecule has 0 aliphatic heterocycles. The molecule has 0 aromatic rings. The van der Waals surface area contributed by atoms with E-state index >= 15 is 0 Å². The number of amides is 1. The second kappa shape index (κ2) is 19.2. The Morgan fingerprint density at radius 1 is 0.692 bits per heavy atom. The lowest BCUT2D eigenvalue weighted by Crippen LogP contribution is -2.42. The summed E-state index contributed by atoms with van der Waals surface area (Å²) in [5, 5.41) is 22.6. The predicted molar refractivity (Wildman–Crippen MR) is 110 cm³/mol. The molecule has 0 bridgehead atoms. The first-order valence-electron chi connectivity index (χ1n) is 11.3. The van der Waals surface area contributed by atoms with Gasteiger partial charge in [0.2, 0.25) is 0 Å². The molecule has 1 amide bonds. The summed E-state index contributed by atoms with van der Waals surface area (Å²) in [6.07, 6.45) is 16.2. The Kier molecular flexibility index (Phi) is 18.7. The average molecular weight is 372 g/mol. The number of hydrogen-bond donors (Lipinski definition) is 3. The Labute approximate surface area is 162 Å². The van der Waals surface area contributed by atoms with Gasteiger partial charge in [0.05, 0.1) is 6.10 Å². The average Bonchev–Trinajstić information content (AvgIpc) is 2.65. The van der Waals surface area contributed by atoms with Crippen molar-refractivity contribution in [2.24, 2.45) is 0 Å². The first-order chi connectivity index (χ1) is 12.6. The van der Waals surface area contributed by atoms with Crippen molar-refractivity contribution in [3.05, 3.63) is 0 Å². The summed E-state index contributed by atoms with van der Waals surface area (Å²) in [6, 6.07) is 0. The summed E-state index contributed by atoms with van der Waals surface area (Å²) in [4.78, 5) is 11.9. The van der Waals surface area contributed by atoms with Crippen LogP contribution in [0.3, 0.4) is 0 Å². The number of hydrogen-bond acceptors (Lipinski definition) is 3. The highest BCUT2D eigenvalue weighted by atomic mass is 16.3. The van der Waals surface area contributed by atoms with Crippen LogP contribution in [0.25, 0.3) is 0 Å². The maximum Gasteiger partial charge on any atom is 0.251 e. The SMILES string of the molecule is CCCCCCCCCCNC(=O)C(O)C(O)CCCCCCCCC.